The van der Waals surface area contributed by atoms with Crippen molar-refractivity contribution in [2.45, 2.75) is 50.6 Å². The van der Waals surface area contributed by atoms with E-state index in [1.165, 1.54) is 7.11 Å². The van der Waals surface area contributed by atoms with E-state index in [4.69, 9.17) is 21.1 Å². The van der Waals surface area contributed by atoms with Crippen LogP contribution in [0.25, 0.3) is 0 Å². The van der Waals surface area contributed by atoms with Gasteiger partial charge in [0, 0.05) is 12.0 Å². The number of fused-ring (bicyclic) bond motifs is 1. The van der Waals surface area contributed by atoms with Crippen molar-refractivity contribution in [1.82, 2.24) is 16.2 Å². The number of nitrogens with two attached hydrogens (primary N) is 2. The first-order valence-electron chi connectivity index (χ1n) is 12.0. The highest BCUT2D eigenvalue weighted by molar-refractivity contribution is 5.96. The maximum absolute atomic E-state index is 12.8. The molecule has 11 heteroatoms. The summed E-state index contributed by atoms with van der Waals surface area (Å²) < 4.78 is 10.2. The van der Waals surface area contributed by atoms with Crippen LogP contribution in [0, 0.1) is 17.8 Å². The number of amides is 1. The van der Waals surface area contributed by atoms with Crippen molar-refractivity contribution < 1.29 is 23.9 Å². The summed E-state index contributed by atoms with van der Waals surface area (Å²) in [7, 11) is 1.22. The van der Waals surface area contributed by atoms with Crippen LogP contribution in [0.3, 0.4) is 0 Å². The average molecular weight is 489 g/mol. The first-order chi connectivity index (χ1) is 16.9. The van der Waals surface area contributed by atoms with Gasteiger partial charge in [0.15, 0.2) is 6.04 Å². The van der Waals surface area contributed by atoms with Crippen molar-refractivity contribution in [3.8, 4) is 0 Å². The number of nitrogens with zero attached hydrogens (tertiary/aromatic N) is 1. The number of ether oxygens (including phenoxy) is 2. The molecule has 0 bridgehead atoms. The number of carbonyl (C=O) groups is 3. The molecule has 7 N–H and O–H groups in total. The van der Waals surface area contributed by atoms with Gasteiger partial charge in [-0.15, -0.1) is 0 Å². The molecule has 1 aromatic carbocycles. The molecule has 1 saturated carbocycles. The van der Waals surface area contributed by atoms with Crippen molar-refractivity contribution >= 4 is 23.7 Å². The lowest BCUT2D eigenvalue weighted by molar-refractivity contribution is -0.152. The molecule has 1 saturated heterocycles. The highest BCUT2D eigenvalue weighted by atomic mass is 16.5. The molecule has 0 aromatic heterocycles. The Kier molecular flexibility index (Phi) is 9.86. The average Bonchev–Trinajstić information content (AvgIpc) is 2.89. The van der Waals surface area contributed by atoms with Gasteiger partial charge >= 0.3 is 11.9 Å². The summed E-state index contributed by atoms with van der Waals surface area (Å²) in [5, 5.41) is 9.68. The van der Waals surface area contributed by atoms with Gasteiger partial charge < -0.3 is 25.8 Å². The highest BCUT2D eigenvalue weighted by Gasteiger charge is 2.38. The van der Waals surface area contributed by atoms with Gasteiger partial charge in [0.2, 0.25) is 0 Å². The van der Waals surface area contributed by atoms with Crippen LogP contribution in [0.15, 0.2) is 35.4 Å². The Morgan fingerprint density at radius 1 is 1.17 bits per heavy atom. The fourth-order valence-electron chi connectivity index (χ4n) is 5.00. The number of methoxy groups -OCH3 is 1. The van der Waals surface area contributed by atoms with Crippen LogP contribution in [-0.2, 0) is 19.1 Å². The lowest BCUT2D eigenvalue weighted by Gasteiger charge is -2.42. The van der Waals surface area contributed by atoms with Gasteiger partial charge in [-0.05, 0) is 62.1 Å². The summed E-state index contributed by atoms with van der Waals surface area (Å²) in [6, 6.07) is 6.95. The molecule has 5 atom stereocenters. The number of amidine groups is 1. The Hall–Kier alpha value is -3.18. The molecule has 35 heavy (non-hydrogen) atoms. The van der Waals surface area contributed by atoms with Gasteiger partial charge in [0.05, 0.1) is 7.11 Å². The van der Waals surface area contributed by atoms with Crippen LogP contribution in [0.4, 0.5) is 0 Å². The third-order valence-corrected chi connectivity index (χ3v) is 6.93. The molecule has 11 nitrogen and oxygen atoms in total. The first kappa shape index (κ1) is 26.4. The standard InChI is InChI=1S/C24H36N6O5/c1-34-23(32)20(28-22(31)16-5-3-2-4-6-16)14-35-24(33)19-12-18-11-15(7-9-17(18)13-27-19)8-10-21(25)29-30-26/h2-6,15,17-20,27,30H,7-14,26H2,1H3,(H2,25,29)(H,28,31). The van der Waals surface area contributed by atoms with Crippen LogP contribution < -0.4 is 27.7 Å². The smallest absolute Gasteiger partial charge is 0.331 e. The van der Waals surface area contributed by atoms with E-state index < -0.39 is 29.9 Å². The molecule has 2 aliphatic rings. The number of piperidine rings is 1. The van der Waals surface area contributed by atoms with Gasteiger partial charge in [-0.25, -0.2) is 16.2 Å². The van der Waals surface area contributed by atoms with Crippen LogP contribution in [0.2, 0.25) is 0 Å². The second-order valence-electron chi connectivity index (χ2n) is 9.21. The minimum atomic E-state index is -1.10. The molecule has 1 heterocycles. The lowest BCUT2D eigenvalue weighted by atomic mass is 9.69. The summed E-state index contributed by atoms with van der Waals surface area (Å²) in [6.07, 6.45) is 5.55. The van der Waals surface area contributed by atoms with E-state index >= 15 is 0 Å². The van der Waals surface area contributed by atoms with Gasteiger partial charge in [0.1, 0.15) is 18.5 Å². The summed E-state index contributed by atoms with van der Waals surface area (Å²) in [5.74, 6) is 5.56. The Morgan fingerprint density at radius 3 is 2.66 bits per heavy atom. The SMILES string of the molecule is COC(=O)C(COC(=O)C1CC2CC(CC/C(N)=N/NN)CCC2CN1)NC(=O)c1ccccc1. The summed E-state index contributed by atoms with van der Waals surface area (Å²) in [6.45, 7) is 0.454. The number of hydrazine groups is 1. The normalized spacial score (nSPS) is 25.0. The molecule has 2 fully saturated rings. The van der Waals surface area contributed by atoms with E-state index in [9.17, 15) is 14.4 Å². The van der Waals surface area contributed by atoms with E-state index in [2.05, 4.69) is 21.3 Å². The van der Waals surface area contributed by atoms with Crippen molar-refractivity contribution in [1.29, 1.82) is 0 Å². The topological polar surface area (TPSA) is 170 Å². The maximum Gasteiger partial charge on any atom is 0.331 e. The monoisotopic (exact) mass is 488 g/mol. The Labute approximate surface area is 205 Å². The van der Waals surface area contributed by atoms with Crippen LogP contribution >= 0.6 is 0 Å². The predicted molar refractivity (Wildman–Crippen MR) is 130 cm³/mol. The van der Waals surface area contributed by atoms with Gasteiger partial charge in [-0.2, -0.15) is 5.10 Å². The molecule has 3 rings (SSSR count). The fourth-order valence-corrected chi connectivity index (χ4v) is 5.00. The van der Waals surface area contributed by atoms with Crippen molar-refractivity contribution in [2.75, 3.05) is 20.3 Å². The van der Waals surface area contributed by atoms with Crippen molar-refractivity contribution in [3.63, 3.8) is 0 Å². The minimum Gasteiger partial charge on any atom is -0.467 e. The number of hydrogen-bond donors (Lipinski definition) is 5. The largest absolute Gasteiger partial charge is 0.467 e. The van der Waals surface area contributed by atoms with E-state index in [0.29, 0.717) is 42.0 Å². The number of esters is 2. The second kappa shape index (κ2) is 13.1. The van der Waals surface area contributed by atoms with Gasteiger partial charge in [0.25, 0.3) is 5.91 Å². The number of carbonyl (C=O) groups excluding carboxylic acids is 3. The number of hydrazone groups is 1. The molecule has 192 valence electrons. The molecule has 5 unspecified atom stereocenters. The van der Waals surface area contributed by atoms with Crippen LogP contribution in [0.5, 0.6) is 0 Å². The van der Waals surface area contributed by atoms with Crippen LogP contribution in [-0.4, -0.2) is 56.0 Å². The zero-order valence-corrected chi connectivity index (χ0v) is 20.1. The molecule has 1 aliphatic carbocycles. The fraction of sp³-hybridized carbons (Fsp3) is 0.583. The number of nitrogens with one attached hydrogen (secondary N) is 3. The quantitative estimate of drug-likeness (QED) is 0.103. The molecule has 1 aliphatic heterocycles. The maximum atomic E-state index is 12.8. The zero-order chi connectivity index (χ0) is 25.2. The second-order valence-corrected chi connectivity index (χ2v) is 9.21. The Balaban J connectivity index is 1.50. The zero-order valence-electron chi connectivity index (χ0n) is 20.1. The molecule has 0 spiro atoms. The first-order valence-corrected chi connectivity index (χ1v) is 12.0. The molecular formula is C24H36N6O5. The van der Waals surface area contributed by atoms with E-state index in [1.807, 2.05) is 0 Å². The summed E-state index contributed by atoms with van der Waals surface area (Å²) in [4.78, 5) is 37.4. The van der Waals surface area contributed by atoms with E-state index in [1.54, 1.807) is 30.3 Å². The van der Waals surface area contributed by atoms with E-state index in [0.717, 1.165) is 32.2 Å². The Bertz CT molecular complexity index is 896. The van der Waals surface area contributed by atoms with E-state index in [-0.39, 0.29) is 6.61 Å². The molecule has 1 amide bonds. The predicted octanol–water partition coefficient (Wildman–Crippen LogP) is 0.411. The lowest BCUT2D eigenvalue weighted by Crippen LogP contribution is -2.51. The van der Waals surface area contributed by atoms with Gasteiger partial charge in [-0.1, -0.05) is 24.6 Å². The molecule has 0 radical (unpaired) electrons. The number of rotatable bonds is 10. The Morgan fingerprint density at radius 2 is 1.94 bits per heavy atom. The van der Waals surface area contributed by atoms with Crippen LogP contribution in [0.1, 0.15) is 48.9 Å². The van der Waals surface area contributed by atoms with Crippen molar-refractivity contribution in [3.05, 3.63) is 35.9 Å². The third-order valence-electron chi connectivity index (χ3n) is 6.93. The number of hydrogen-bond acceptors (Lipinski definition) is 9. The van der Waals surface area contributed by atoms with Crippen molar-refractivity contribution in [2.24, 2.45) is 34.4 Å². The summed E-state index contributed by atoms with van der Waals surface area (Å²) >= 11 is 0. The molecular weight excluding hydrogens is 452 g/mol. The highest BCUT2D eigenvalue weighted by Crippen LogP contribution is 2.40. The number of benzene rings is 1. The minimum absolute atomic E-state index is 0.299. The molecule has 1 aromatic rings. The summed E-state index contributed by atoms with van der Waals surface area (Å²) in [5.41, 5.74) is 8.44. The van der Waals surface area contributed by atoms with Gasteiger partial charge in [-0.3, -0.25) is 9.59 Å². The third kappa shape index (κ3) is 7.66.